The Morgan fingerprint density at radius 1 is 1.07 bits per heavy atom. The van der Waals surface area contributed by atoms with Crippen molar-refractivity contribution in [3.8, 4) is 0 Å². The molecule has 2 aliphatic rings. The molecule has 152 valence electrons. The van der Waals surface area contributed by atoms with Crippen LogP contribution in [0.3, 0.4) is 0 Å². The van der Waals surface area contributed by atoms with E-state index in [9.17, 15) is 4.79 Å². The predicted molar refractivity (Wildman–Crippen MR) is 116 cm³/mol. The minimum Gasteiger partial charge on any atom is -0.369 e. The van der Waals surface area contributed by atoms with Gasteiger partial charge in [0.1, 0.15) is 5.02 Å². The van der Waals surface area contributed by atoms with E-state index >= 15 is 0 Å². The zero-order chi connectivity index (χ0) is 19.8. The Balaban J connectivity index is 1.46. The molecule has 0 spiro atoms. The van der Waals surface area contributed by atoms with Crippen LogP contribution in [0.1, 0.15) is 43.0 Å². The van der Waals surface area contributed by atoms with Crippen molar-refractivity contribution in [1.82, 2.24) is 14.3 Å². The van der Waals surface area contributed by atoms with Gasteiger partial charge in [0.15, 0.2) is 0 Å². The van der Waals surface area contributed by atoms with Crippen LogP contribution < -0.4 is 10.5 Å². The summed E-state index contributed by atoms with van der Waals surface area (Å²) in [7, 11) is 1.98. The van der Waals surface area contributed by atoms with Gasteiger partial charge in [-0.3, -0.25) is 14.4 Å². The lowest BCUT2D eigenvalue weighted by Crippen LogP contribution is -2.46. The van der Waals surface area contributed by atoms with Crippen LogP contribution in [0.2, 0.25) is 10.0 Å². The van der Waals surface area contributed by atoms with Gasteiger partial charge in [0, 0.05) is 50.5 Å². The van der Waals surface area contributed by atoms with Gasteiger partial charge < -0.3 is 4.90 Å². The number of aromatic nitrogens is 2. The van der Waals surface area contributed by atoms with E-state index in [-0.39, 0.29) is 5.56 Å². The van der Waals surface area contributed by atoms with Crippen LogP contribution >= 0.6 is 23.2 Å². The summed E-state index contributed by atoms with van der Waals surface area (Å²) in [5.74, 6) is 0. The summed E-state index contributed by atoms with van der Waals surface area (Å²) >= 11 is 12.7. The molecule has 2 heterocycles. The Morgan fingerprint density at radius 2 is 1.75 bits per heavy atom. The van der Waals surface area contributed by atoms with Gasteiger partial charge in [-0.05, 0) is 37.5 Å². The molecule has 4 rings (SSSR count). The quantitative estimate of drug-likeness (QED) is 0.738. The molecule has 1 saturated carbocycles. The number of hydrogen-bond acceptors (Lipinski definition) is 3. The molecule has 1 saturated heterocycles. The first-order chi connectivity index (χ1) is 13.5. The summed E-state index contributed by atoms with van der Waals surface area (Å²) in [6.45, 7) is 6.59. The van der Waals surface area contributed by atoms with Gasteiger partial charge in [0.25, 0.3) is 5.56 Å². The molecule has 1 aromatic carbocycles. The molecule has 0 bridgehead atoms. The fourth-order valence-electron chi connectivity index (χ4n) is 4.65. The third kappa shape index (κ3) is 3.72. The summed E-state index contributed by atoms with van der Waals surface area (Å²) in [4.78, 5) is 17.5. The van der Waals surface area contributed by atoms with Gasteiger partial charge in [-0.1, -0.05) is 42.1 Å². The number of benzene rings is 1. The summed E-state index contributed by atoms with van der Waals surface area (Å²) in [6, 6.07) is 6.36. The lowest BCUT2D eigenvalue weighted by Gasteiger charge is -2.37. The number of nitrogens with zero attached hydrogens (tertiary/aromatic N) is 4. The van der Waals surface area contributed by atoms with Gasteiger partial charge >= 0.3 is 0 Å². The molecular weight excluding hydrogens is 395 g/mol. The highest BCUT2D eigenvalue weighted by molar-refractivity contribution is 6.31. The fourth-order valence-corrected chi connectivity index (χ4v) is 5.08. The summed E-state index contributed by atoms with van der Waals surface area (Å²) in [5, 5.41) is 1.17. The summed E-state index contributed by atoms with van der Waals surface area (Å²) < 4.78 is 3.89. The van der Waals surface area contributed by atoms with Crippen LogP contribution in [0, 0.1) is 6.92 Å². The van der Waals surface area contributed by atoms with Gasteiger partial charge in [-0.2, -0.15) is 0 Å². The van der Waals surface area contributed by atoms with Crippen LogP contribution in [0.4, 0.5) is 5.69 Å². The van der Waals surface area contributed by atoms with Gasteiger partial charge in [0.05, 0.1) is 11.7 Å². The highest BCUT2D eigenvalue weighted by Crippen LogP contribution is 2.30. The smallest absolute Gasteiger partial charge is 0.286 e. The first-order valence-corrected chi connectivity index (χ1v) is 10.9. The average molecular weight is 423 g/mol. The van der Waals surface area contributed by atoms with E-state index in [0.717, 1.165) is 49.7 Å². The van der Waals surface area contributed by atoms with Crippen LogP contribution in [-0.2, 0) is 13.6 Å². The number of hydrogen-bond donors (Lipinski definition) is 0. The maximum atomic E-state index is 12.7. The maximum Gasteiger partial charge on any atom is 0.286 e. The number of rotatable bonds is 4. The van der Waals surface area contributed by atoms with Crippen molar-refractivity contribution in [2.24, 2.45) is 7.05 Å². The average Bonchev–Trinajstić information content (AvgIpc) is 3.28. The van der Waals surface area contributed by atoms with Crippen molar-refractivity contribution in [3.05, 3.63) is 49.9 Å². The van der Waals surface area contributed by atoms with E-state index in [1.54, 1.807) is 0 Å². The third-order valence-electron chi connectivity index (χ3n) is 6.29. The molecule has 5 nitrogen and oxygen atoms in total. The highest BCUT2D eigenvalue weighted by Gasteiger charge is 2.27. The molecule has 0 N–H and O–H groups in total. The molecular formula is C21H28Cl2N4O. The minimum atomic E-state index is -0.0285. The second-order valence-electron chi connectivity index (χ2n) is 8.07. The zero-order valence-corrected chi connectivity index (χ0v) is 18.1. The number of aryl methyl sites for hydroxylation is 1. The Kier molecular flexibility index (Phi) is 5.77. The summed E-state index contributed by atoms with van der Waals surface area (Å²) in [6.07, 6.45) is 4.54. The van der Waals surface area contributed by atoms with E-state index in [0.29, 0.717) is 17.6 Å². The van der Waals surface area contributed by atoms with Crippen molar-refractivity contribution in [3.63, 3.8) is 0 Å². The van der Waals surface area contributed by atoms with E-state index in [4.69, 9.17) is 23.2 Å². The van der Waals surface area contributed by atoms with Crippen LogP contribution in [0.15, 0.2) is 23.0 Å². The lowest BCUT2D eigenvalue weighted by atomic mass is 10.1. The topological polar surface area (TPSA) is 33.4 Å². The van der Waals surface area contributed by atoms with Gasteiger partial charge in [0.2, 0.25) is 0 Å². The SMILES string of the molecule is Cc1ccc(Cl)cc1N1CCN(Cc2c(Cl)c(=O)n(C3CCCC3)n2C)CC1. The molecule has 2 fully saturated rings. The first kappa shape index (κ1) is 19.9. The molecule has 0 atom stereocenters. The molecule has 7 heteroatoms. The number of piperazine rings is 1. The second-order valence-corrected chi connectivity index (χ2v) is 8.88. The number of anilines is 1. The molecule has 1 aliphatic carbocycles. The van der Waals surface area contributed by atoms with E-state index in [2.05, 4.69) is 28.9 Å². The molecule has 28 heavy (non-hydrogen) atoms. The normalized spacial score (nSPS) is 18.9. The van der Waals surface area contributed by atoms with E-state index in [1.165, 1.54) is 24.1 Å². The third-order valence-corrected chi connectivity index (χ3v) is 6.91. The molecule has 1 aromatic heterocycles. The Bertz CT molecular complexity index is 906. The van der Waals surface area contributed by atoms with Crippen molar-refractivity contribution in [1.29, 1.82) is 0 Å². The molecule has 0 unspecified atom stereocenters. The highest BCUT2D eigenvalue weighted by atomic mass is 35.5. The van der Waals surface area contributed by atoms with Crippen LogP contribution in [0.5, 0.6) is 0 Å². The lowest BCUT2D eigenvalue weighted by molar-refractivity contribution is 0.240. The Labute approximate surface area is 176 Å². The fraction of sp³-hybridized carbons (Fsp3) is 0.571. The largest absolute Gasteiger partial charge is 0.369 e. The summed E-state index contributed by atoms with van der Waals surface area (Å²) in [5.41, 5.74) is 3.37. The van der Waals surface area contributed by atoms with Crippen LogP contribution in [0.25, 0.3) is 0 Å². The van der Waals surface area contributed by atoms with Crippen molar-refractivity contribution in [2.75, 3.05) is 31.1 Å². The van der Waals surface area contributed by atoms with Crippen molar-refractivity contribution < 1.29 is 0 Å². The predicted octanol–water partition coefficient (Wildman–Crippen LogP) is 4.24. The Hall–Kier alpha value is -1.43. The molecule has 0 amide bonds. The monoisotopic (exact) mass is 422 g/mol. The van der Waals surface area contributed by atoms with Crippen molar-refractivity contribution in [2.45, 2.75) is 45.2 Å². The Morgan fingerprint density at radius 3 is 2.43 bits per heavy atom. The maximum absolute atomic E-state index is 12.7. The van der Waals surface area contributed by atoms with Gasteiger partial charge in [-0.25, -0.2) is 4.68 Å². The second kappa shape index (κ2) is 8.13. The van der Waals surface area contributed by atoms with Crippen LogP contribution in [-0.4, -0.2) is 40.4 Å². The van der Waals surface area contributed by atoms with Gasteiger partial charge in [-0.15, -0.1) is 0 Å². The zero-order valence-electron chi connectivity index (χ0n) is 16.6. The molecule has 1 aliphatic heterocycles. The first-order valence-electron chi connectivity index (χ1n) is 10.1. The molecule has 0 radical (unpaired) electrons. The molecule has 2 aromatic rings. The van der Waals surface area contributed by atoms with Crippen molar-refractivity contribution >= 4 is 28.9 Å². The van der Waals surface area contributed by atoms with E-state index in [1.807, 2.05) is 22.5 Å². The van der Waals surface area contributed by atoms with E-state index < -0.39 is 0 Å². The number of halogens is 2. The minimum absolute atomic E-state index is 0.0285. The standard InChI is InChI=1S/C21H28Cl2N4O/c1-15-7-8-16(22)13-18(15)26-11-9-25(10-12-26)14-19-20(23)21(28)27(24(19)2)17-5-3-4-6-17/h7-8,13,17H,3-6,9-12,14H2,1-2H3.